The highest BCUT2D eigenvalue weighted by Crippen LogP contribution is 2.32. The van der Waals surface area contributed by atoms with Crippen molar-refractivity contribution in [2.24, 2.45) is 11.8 Å². The van der Waals surface area contributed by atoms with Gasteiger partial charge in [0.05, 0.1) is 11.9 Å². The normalized spacial score (nSPS) is 26.7. The number of halogens is 1. The van der Waals surface area contributed by atoms with Crippen LogP contribution in [-0.2, 0) is 6.54 Å². The van der Waals surface area contributed by atoms with Crippen molar-refractivity contribution in [3.63, 3.8) is 0 Å². The number of nitrogens with one attached hydrogen (secondary N) is 1. The highest BCUT2D eigenvalue weighted by Gasteiger charge is 2.37. The number of fused-ring (bicyclic) bond motifs is 1. The van der Waals surface area contributed by atoms with Crippen molar-refractivity contribution in [3.05, 3.63) is 21.0 Å². The van der Waals surface area contributed by atoms with Crippen molar-refractivity contribution in [2.45, 2.75) is 13.5 Å². The van der Waals surface area contributed by atoms with Gasteiger partial charge in [-0.1, -0.05) is 0 Å². The second-order valence-electron chi connectivity index (χ2n) is 5.05. The van der Waals surface area contributed by atoms with E-state index in [0.717, 1.165) is 31.9 Å². The Labute approximate surface area is 114 Å². The quantitative estimate of drug-likeness (QED) is 0.872. The first-order chi connectivity index (χ1) is 8.70. The van der Waals surface area contributed by atoms with Gasteiger partial charge >= 0.3 is 0 Å². The van der Waals surface area contributed by atoms with E-state index in [2.05, 4.69) is 31.2 Å². The maximum atomic E-state index is 12.0. The summed E-state index contributed by atoms with van der Waals surface area (Å²) < 4.78 is 2.12. The van der Waals surface area contributed by atoms with Gasteiger partial charge in [-0.3, -0.25) is 4.79 Å². The summed E-state index contributed by atoms with van der Waals surface area (Å²) in [5.74, 6) is 1.43. The minimum absolute atomic E-state index is 0.0369. The highest BCUT2D eigenvalue weighted by molar-refractivity contribution is 9.10. The van der Waals surface area contributed by atoms with Crippen molar-refractivity contribution >= 4 is 21.6 Å². The van der Waals surface area contributed by atoms with Crippen molar-refractivity contribution < 1.29 is 0 Å². The van der Waals surface area contributed by atoms with Crippen LogP contribution in [0.3, 0.4) is 0 Å². The summed E-state index contributed by atoms with van der Waals surface area (Å²) in [4.78, 5) is 14.3. The maximum absolute atomic E-state index is 12.0. The van der Waals surface area contributed by atoms with Gasteiger partial charge in [-0.15, -0.1) is 0 Å². The highest BCUT2D eigenvalue weighted by atomic mass is 79.9. The number of hydrogen-bond donors (Lipinski definition) is 1. The molecule has 2 atom stereocenters. The first-order valence-electron chi connectivity index (χ1n) is 6.42. The molecule has 0 unspecified atom stereocenters. The maximum Gasteiger partial charge on any atom is 0.283 e. The number of anilines is 1. The van der Waals surface area contributed by atoms with Gasteiger partial charge in [0.15, 0.2) is 0 Å². The molecule has 0 spiro atoms. The molecule has 1 N–H and O–H groups in total. The van der Waals surface area contributed by atoms with Gasteiger partial charge in [0.25, 0.3) is 5.56 Å². The minimum Gasteiger partial charge on any atom is -0.368 e. The van der Waals surface area contributed by atoms with Crippen LogP contribution in [-0.4, -0.2) is 36.0 Å². The van der Waals surface area contributed by atoms with Crippen molar-refractivity contribution in [3.8, 4) is 0 Å². The predicted molar refractivity (Wildman–Crippen MR) is 73.9 cm³/mol. The van der Waals surface area contributed by atoms with E-state index in [4.69, 9.17) is 0 Å². The Balaban J connectivity index is 1.90. The molecular formula is C12H17BrN4O. The first kappa shape index (κ1) is 12.2. The van der Waals surface area contributed by atoms with Crippen LogP contribution in [0.4, 0.5) is 5.69 Å². The number of aryl methyl sites for hydroxylation is 1. The molecule has 0 bridgehead atoms. The Morgan fingerprint density at radius 3 is 2.72 bits per heavy atom. The van der Waals surface area contributed by atoms with E-state index in [1.807, 2.05) is 13.1 Å². The van der Waals surface area contributed by atoms with Crippen LogP contribution in [0.25, 0.3) is 0 Å². The summed E-state index contributed by atoms with van der Waals surface area (Å²) in [6.45, 7) is 6.76. The summed E-state index contributed by atoms with van der Waals surface area (Å²) in [5, 5.41) is 7.63. The van der Waals surface area contributed by atoms with Gasteiger partial charge in [-0.2, -0.15) is 5.10 Å². The largest absolute Gasteiger partial charge is 0.368 e. The average Bonchev–Trinajstić information content (AvgIpc) is 2.93. The summed E-state index contributed by atoms with van der Waals surface area (Å²) in [6.07, 6.45) is 1.81. The zero-order chi connectivity index (χ0) is 12.7. The van der Waals surface area contributed by atoms with Crippen LogP contribution in [0.5, 0.6) is 0 Å². The van der Waals surface area contributed by atoms with Crippen LogP contribution in [0.15, 0.2) is 15.5 Å². The van der Waals surface area contributed by atoms with E-state index in [0.29, 0.717) is 22.9 Å². The Morgan fingerprint density at radius 2 is 2.11 bits per heavy atom. The van der Waals surface area contributed by atoms with Crippen molar-refractivity contribution in [1.29, 1.82) is 0 Å². The third-order valence-corrected chi connectivity index (χ3v) is 4.74. The molecule has 0 aromatic carbocycles. The van der Waals surface area contributed by atoms with E-state index in [1.54, 1.807) is 0 Å². The zero-order valence-electron chi connectivity index (χ0n) is 10.4. The predicted octanol–water partition coefficient (Wildman–Crippen LogP) is 0.681. The molecule has 1 aromatic heterocycles. The van der Waals surface area contributed by atoms with Gasteiger partial charge in [-0.25, -0.2) is 4.68 Å². The van der Waals surface area contributed by atoms with E-state index in [1.165, 1.54) is 4.68 Å². The number of nitrogens with zero attached hydrogens (tertiary/aromatic N) is 3. The number of aromatic nitrogens is 2. The summed E-state index contributed by atoms with van der Waals surface area (Å²) in [5.41, 5.74) is 0.907. The topological polar surface area (TPSA) is 50.2 Å². The van der Waals surface area contributed by atoms with Crippen LogP contribution >= 0.6 is 15.9 Å². The molecule has 2 fully saturated rings. The molecule has 0 saturated carbocycles. The first-order valence-corrected chi connectivity index (χ1v) is 7.21. The molecule has 3 heterocycles. The standard InChI is InChI=1S/C12H17BrN4O/c1-2-17-12(18)11(13)10(5-15-17)16-6-8-3-14-4-9(8)7-16/h5,8-9,14H,2-4,6-7H2,1H3/t8-,9+. The van der Waals surface area contributed by atoms with Crippen LogP contribution in [0, 0.1) is 11.8 Å². The molecule has 2 saturated heterocycles. The lowest BCUT2D eigenvalue weighted by molar-refractivity contribution is 0.533. The summed E-state index contributed by atoms with van der Waals surface area (Å²) in [7, 11) is 0. The molecule has 2 aliphatic rings. The molecular weight excluding hydrogens is 296 g/mol. The van der Waals surface area contributed by atoms with Gasteiger partial charge in [0.2, 0.25) is 0 Å². The zero-order valence-corrected chi connectivity index (χ0v) is 12.0. The fourth-order valence-corrected chi connectivity index (χ4v) is 3.51. The molecule has 0 aliphatic carbocycles. The molecule has 1 aromatic rings. The van der Waals surface area contributed by atoms with Crippen molar-refractivity contribution in [1.82, 2.24) is 15.1 Å². The van der Waals surface area contributed by atoms with Crippen LogP contribution in [0.1, 0.15) is 6.92 Å². The molecule has 5 nitrogen and oxygen atoms in total. The van der Waals surface area contributed by atoms with E-state index in [9.17, 15) is 4.79 Å². The second kappa shape index (κ2) is 4.66. The SMILES string of the molecule is CCn1ncc(N2C[C@H]3CNC[C@H]3C2)c(Br)c1=O. The molecule has 3 rings (SSSR count). The van der Waals surface area contributed by atoms with Gasteiger partial charge in [0, 0.05) is 32.7 Å². The van der Waals surface area contributed by atoms with E-state index >= 15 is 0 Å². The Morgan fingerprint density at radius 1 is 1.44 bits per heavy atom. The molecule has 0 radical (unpaired) electrons. The van der Waals surface area contributed by atoms with Crippen LogP contribution < -0.4 is 15.8 Å². The third-order valence-electron chi connectivity index (χ3n) is 4.00. The summed E-state index contributed by atoms with van der Waals surface area (Å²) >= 11 is 3.43. The Kier molecular flexibility index (Phi) is 3.15. The lowest BCUT2D eigenvalue weighted by Gasteiger charge is -2.20. The Hall–Kier alpha value is -0.880. The number of hydrogen-bond acceptors (Lipinski definition) is 4. The minimum atomic E-state index is -0.0369. The second-order valence-corrected chi connectivity index (χ2v) is 5.84. The van der Waals surface area contributed by atoms with E-state index < -0.39 is 0 Å². The monoisotopic (exact) mass is 312 g/mol. The lowest BCUT2D eigenvalue weighted by atomic mass is 10.0. The Bertz CT molecular complexity index is 503. The molecule has 0 amide bonds. The fraction of sp³-hybridized carbons (Fsp3) is 0.667. The lowest BCUT2D eigenvalue weighted by Crippen LogP contribution is -2.30. The van der Waals surface area contributed by atoms with Crippen molar-refractivity contribution in [2.75, 3.05) is 31.1 Å². The van der Waals surface area contributed by atoms with E-state index in [-0.39, 0.29) is 5.56 Å². The van der Waals surface area contributed by atoms with Gasteiger partial charge in [0.1, 0.15) is 4.47 Å². The van der Waals surface area contributed by atoms with Crippen LogP contribution in [0.2, 0.25) is 0 Å². The van der Waals surface area contributed by atoms with Gasteiger partial charge < -0.3 is 10.2 Å². The fourth-order valence-electron chi connectivity index (χ4n) is 2.95. The third kappa shape index (κ3) is 1.87. The average molecular weight is 313 g/mol. The molecule has 2 aliphatic heterocycles. The van der Waals surface area contributed by atoms with Gasteiger partial charge in [-0.05, 0) is 34.7 Å². The smallest absolute Gasteiger partial charge is 0.283 e. The molecule has 98 valence electrons. The number of rotatable bonds is 2. The molecule has 6 heteroatoms. The molecule has 18 heavy (non-hydrogen) atoms. The summed E-state index contributed by atoms with van der Waals surface area (Å²) in [6, 6.07) is 0.